The Bertz CT molecular complexity index is 1290. The first kappa shape index (κ1) is 24.2. The van der Waals surface area contributed by atoms with E-state index in [1.54, 1.807) is 11.1 Å². The molecule has 0 atom stereocenters. The maximum absolute atomic E-state index is 12.1. The van der Waals surface area contributed by atoms with Gasteiger partial charge in [-0.05, 0) is 67.5 Å². The quantitative estimate of drug-likeness (QED) is 0.324. The Balaban J connectivity index is 1.57. The van der Waals surface area contributed by atoms with Crippen molar-refractivity contribution in [1.82, 2.24) is 20.1 Å². The van der Waals surface area contributed by atoms with Gasteiger partial charge in [0, 0.05) is 24.1 Å². The monoisotopic (exact) mass is 472 g/mol. The van der Waals surface area contributed by atoms with Crippen molar-refractivity contribution in [2.24, 2.45) is 0 Å². The average Bonchev–Trinajstić information content (AvgIpc) is 3.22. The van der Waals surface area contributed by atoms with Crippen molar-refractivity contribution < 1.29 is 9.53 Å². The topological polar surface area (TPSA) is 86.4 Å². The smallest absolute Gasteiger partial charge is 0.240 e. The van der Waals surface area contributed by atoms with E-state index in [0.29, 0.717) is 24.0 Å². The lowest BCUT2D eigenvalue weighted by Crippen LogP contribution is -2.19. The number of hydrogen-bond acceptors (Lipinski definition) is 6. The van der Waals surface area contributed by atoms with E-state index in [0.717, 1.165) is 35.2 Å². The summed E-state index contributed by atoms with van der Waals surface area (Å²) in [5, 5.41) is 11.6. The van der Waals surface area contributed by atoms with Gasteiger partial charge in [-0.1, -0.05) is 32.9 Å². The van der Waals surface area contributed by atoms with Crippen LogP contribution in [0.4, 0.5) is 22.9 Å². The zero-order chi connectivity index (χ0) is 25.0. The van der Waals surface area contributed by atoms with Gasteiger partial charge < -0.3 is 15.0 Å². The van der Waals surface area contributed by atoms with Crippen LogP contribution in [0, 0.1) is 0 Å². The summed E-state index contributed by atoms with van der Waals surface area (Å²) in [5.41, 5.74) is 4.33. The van der Waals surface area contributed by atoms with Crippen LogP contribution in [0.3, 0.4) is 0 Å². The van der Waals surface area contributed by atoms with Crippen LogP contribution in [0.15, 0.2) is 60.8 Å². The van der Waals surface area contributed by atoms with E-state index < -0.39 is 0 Å². The van der Waals surface area contributed by atoms with Crippen molar-refractivity contribution in [1.29, 1.82) is 0 Å². The first-order valence-electron chi connectivity index (χ1n) is 11.6. The highest BCUT2D eigenvalue weighted by Gasteiger charge is 2.17. The predicted octanol–water partition coefficient (Wildman–Crippen LogP) is 5.23. The van der Waals surface area contributed by atoms with E-state index in [9.17, 15) is 4.79 Å². The van der Waals surface area contributed by atoms with Gasteiger partial charge in [0.25, 0.3) is 0 Å². The molecule has 0 aliphatic rings. The molecule has 0 aliphatic carbocycles. The minimum atomic E-state index is 0.0358. The van der Waals surface area contributed by atoms with E-state index in [4.69, 9.17) is 4.74 Å². The highest BCUT2D eigenvalue weighted by molar-refractivity contribution is 5.93. The fourth-order valence-corrected chi connectivity index (χ4v) is 3.71. The molecule has 0 saturated heterocycles. The number of rotatable bonds is 9. The number of hydrogen-bond donors (Lipinski definition) is 2. The Morgan fingerprint density at radius 1 is 1.09 bits per heavy atom. The van der Waals surface area contributed by atoms with Crippen LogP contribution < -0.4 is 15.0 Å². The molecule has 35 heavy (non-hydrogen) atoms. The number of carbonyl (C=O) groups excluding carboxylic acids is 1. The van der Waals surface area contributed by atoms with Crippen LogP contribution >= 0.6 is 0 Å². The van der Waals surface area contributed by atoms with Crippen LogP contribution in [0.5, 0.6) is 5.88 Å². The van der Waals surface area contributed by atoms with E-state index in [1.165, 1.54) is 5.56 Å². The summed E-state index contributed by atoms with van der Waals surface area (Å²) in [4.78, 5) is 20.3. The second-order valence-corrected chi connectivity index (χ2v) is 9.71. The lowest BCUT2D eigenvalue weighted by Gasteiger charge is -2.23. The molecule has 2 aromatic heterocycles. The van der Waals surface area contributed by atoms with Gasteiger partial charge in [-0.2, -0.15) is 0 Å². The summed E-state index contributed by atoms with van der Waals surface area (Å²) in [6.07, 6.45) is 2.51. The highest BCUT2D eigenvalue weighted by atomic mass is 16.5. The molecule has 0 saturated carbocycles. The zero-order valence-electron chi connectivity index (χ0n) is 20.9. The van der Waals surface area contributed by atoms with Gasteiger partial charge >= 0.3 is 0 Å². The standard InChI is InChI=1S/C27H32N6O2/c1-27(2,3)19-8-11-21(12-9-19)33(18-34)24-7-6-14-28-25(24)29-20-10-13-22-23(17-20)30-31-26(22)35-16-15-32(4)5/h6-14,17-18H,15-16H2,1-5H3,(H,28,29)(H,30,31). The number of aromatic amines is 1. The molecule has 2 aromatic carbocycles. The minimum Gasteiger partial charge on any atom is -0.475 e. The van der Waals surface area contributed by atoms with Gasteiger partial charge in [0.1, 0.15) is 6.61 Å². The largest absolute Gasteiger partial charge is 0.475 e. The molecule has 2 N–H and O–H groups in total. The molecule has 1 amide bonds. The number of nitrogens with one attached hydrogen (secondary N) is 2. The maximum Gasteiger partial charge on any atom is 0.240 e. The van der Waals surface area contributed by atoms with E-state index >= 15 is 0 Å². The van der Waals surface area contributed by atoms with Crippen molar-refractivity contribution in [3.63, 3.8) is 0 Å². The number of anilines is 4. The van der Waals surface area contributed by atoms with Crippen molar-refractivity contribution in [2.45, 2.75) is 26.2 Å². The number of nitrogens with zero attached hydrogens (tertiary/aromatic N) is 4. The number of likely N-dealkylation sites (N-methyl/N-ethyl adjacent to an activating group) is 1. The number of H-pyrrole nitrogens is 1. The fourth-order valence-electron chi connectivity index (χ4n) is 3.71. The normalized spacial score (nSPS) is 11.6. The van der Waals surface area contributed by atoms with Crippen molar-refractivity contribution in [2.75, 3.05) is 37.5 Å². The van der Waals surface area contributed by atoms with E-state index in [-0.39, 0.29) is 5.41 Å². The lowest BCUT2D eigenvalue weighted by molar-refractivity contribution is -0.106. The molecule has 0 unspecified atom stereocenters. The average molecular weight is 473 g/mol. The van der Waals surface area contributed by atoms with E-state index in [2.05, 4.69) is 58.3 Å². The number of fused-ring (bicyclic) bond motifs is 1. The molecule has 0 spiro atoms. The highest BCUT2D eigenvalue weighted by Crippen LogP contribution is 2.34. The van der Waals surface area contributed by atoms with Crippen molar-refractivity contribution in [3.05, 3.63) is 66.4 Å². The van der Waals surface area contributed by atoms with Gasteiger partial charge in [0.2, 0.25) is 12.3 Å². The third-order valence-electron chi connectivity index (χ3n) is 5.73. The van der Waals surface area contributed by atoms with Gasteiger partial charge in [0.05, 0.1) is 16.6 Å². The minimum absolute atomic E-state index is 0.0358. The second kappa shape index (κ2) is 10.1. The Hall–Kier alpha value is -3.91. The molecule has 0 aliphatic heterocycles. The summed E-state index contributed by atoms with van der Waals surface area (Å²) in [5.74, 6) is 1.15. The molecule has 0 radical (unpaired) electrons. The molecule has 0 bridgehead atoms. The molecule has 2 heterocycles. The molecule has 4 rings (SSSR count). The second-order valence-electron chi connectivity index (χ2n) is 9.71. The summed E-state index contributed by atoms with van der Waals surface area (Å²) in [6, 6.07) is 17.6. The maximum atomic E-state index is 12.1. The van der Waals surface area contributed by atoms with Crippen LogP contribution in [-0.4, -0.2) is 53.7 Å². The summed E-state index contributed by atoms with van der Waals surface area (Å²) < 4.78 is 5.81. The van der Waals surface area contributed by atoms with Gasteiger partial charge in [-0.3, -0.25) is 14.8 Å². The fraction of sp³-hybridized carbons (Fsp3) is 0.296. The predicted molar refractivity (Wildman–Crippen MR) is 141 cm³/mol. The van der Waals surface area contributed by atoms with Crippen LogP contribution in [0.1, 0.15) is 26.3 Å². The van der Waals surface area contributed by atoms with Crippen LogP contribution in [-0.2, 0) is 10.2 Å². The molecular formula is C27H32N6O2. The third kappa shape index (κ3) is 5.60. The number of pyridine rings is 1. The summed E-state index contributed by atoms with van der Waals surface area (Å²) >= 11 is 0. The van der Waals surface area contributed by atoms with Crippen molar-refractivity contribution in [3.8, 4) is 5.88 Å². The van der Waals surface area contributed by atoms with Crippen molar-refractivity contribution >= 4 is 40.2 Å². The first-order chi connectivity index (χ1) is 16.8. The number of carbonyl (C=O) groups is 1. The number of amides is 1. The Morgan fingerprint density at radius 3 is 2.54 bits per heavy atom. The Morgan fingerprint density at radius 2 is 1.86 bits per heavy atom. The van der Waals surface area contributed by atoms with Crippen LogP contribution in [0.2, 0.25) is 0 Å². The molecule has 8 nitrogen and oxygen atoms in total. The first-order valence-corrected chi connectivity index (χ1v) is 11.6. The zero-order valence-corrected chi connectivity index (χ0v) is 20.9. The van der Waals surface area contributed by atoms with Gasteiger partial charge in [-0.25, -0.2) is 4.98 Å². The third-order valence-corrected chi connectivity index (χ3v) is 5.73. The lowest BCUT2D eigenvalue weighted by atomic mass is 9.87. The molecular weight excluding hydrogens is 440 g/mol. The van der Waals surface area contributed by atoms with Crippen LogP contribution in [0.25, 0.3) is 10.9 Å². The molecule has 4 aromatic rings. The molecule has 0 fully saturated rings. The molecule has 182 valence electrons. The number of aromatic nitrogens is 3. The Kier molecular flexibility index (Phi) is 7.02. The van der Waals surface area contributed by atoms with E-state index in [1.807, 2.05) is 56.6 Å². The summed E-state index contributed by atoms with van der Waals surface area (Å²) in [6.45, 7) is 7.86. The van der Waals surface area contributed by atoms with Gasteiger partial charge in [0.15, 0.2) is 5.82 Å². The number of benzene rings is 2. The van der Waals surface area contributed by atoms with Gasteiger partial charge in [-0.15, -0.1) is 5.10 Å². The SMILES string of the molecule is CN(C)CCOc1n[nH]c2cc(Nc3ncccc3N(C=O)c3ccc(C(C)(C)C)cc3)ccc12. The summed E-state index contributed by atoms with van der Waals surface area (Å²) in [7, 11) is 4.00. The molecule has 8 heteroatoms. The Labute approximate surface area is 205 Å². The number of ether oxygens (including phenoxy) is 1.